The van der Waals surface area contributed by atoms with E-state index in [1.807, 2.05) is 55.0 Å². The normalized spacial score (nSPS) is 22.5. The summed E-state index contributed by atoms with van der Waals surface area (Å²) in [5.41, 5.74) is 2.99. The number of nitrogens with one attached hydrogen (secondary N) is 1. The van der Waals surface area contributed by atoms with E-state index in [0.29, 0.717) is 23.3 Å². The number of thioether (sulfide) groups is 1. The SMILES string of the molecule is COC(=O)C1=C(C)NC2=C(C(=O)C(C(=O)OC)C(c3cccs3)C2)C1c1ccc(SC)cc1. The molecule has 8 heteroatoms. The highest BCUT2D eigenvalue weighted by Crippen LogP contribution is 2.48. The van der Waals surface area contributed by atoms with Crippen molar-refractivity contribution in [1.29, 1.82) is 0 Å². The lowest BCUT2D eigenvalue weighted by Crippen LogP contribution is -2.43. The highest BCUT2D eigenvalue weighted by molar-refractivity contribution is 7.98. The van der Waals surface area contributed by atoms with E-state index in [4.69, 9.17) is 9.47 Å². The van der Waals surface area contributed by atoms with Gasteiger partial charge in [0.25, 0.3) is 0 Å². The molecule has 2 heterocycles. The van der Waals surface area contributed by atoms with Crippen LogP contribution < -0.4 is 5.32 Å². The lowest BCUT2D eigenvalue weighted by molar-refractivity contribution is -0.149. The van der Waals surface area contributed by atoms with Crippen molar-refractivity contribution < 1.29 is 23.9 Å². The molecule has 2 aliphatic rings. The summed E-state index contributed by atoms with van der Waals surface area (Å²) < 4.78 is 10.1. The Morgan fingerprint density at radius 2 is 1.85 bits per heavy atom. The van der Waals surface area contributed by atoms with Gasteiger partial charge in [0.1, 0.15) is 5.92 Å². The summed E-state index contributed by atoms with van der Waals surface area (Å²) in [6.45, 7) is 1.82. The van der Waals surface area contributed by atoms with Gasteiger partial charge in [0.15, 0.2) is 5.78 Å². The van der Waals surface area contributed by atoms with Gasteiger partial charge in [-0.15, -0.1) is 23.1 Å². The number of rotatable bonds is 5. The fourth-order valence-corrected chi connectivity index (χ4v) is 5.99. The van der Waals surface area contributed by atoms with E-state index in [1.165, 1.54) is 25.6 Å². The second kappa shape index (κ2) is 9.57. The molecule has 1 aromatic carbocycles. The molecule has 0 amide bonds. The molecule has 6 nitrogen and oxygen atoms in total. The van der Waals surface area contributed by atoms with Crippen molar-refractivity contribution >= 4 is 40.8 Å². The molecule has 0 spiro atoms. The Bertz CT molecular complexity index is 1150. The maximum absolute atomic E-state index is 14.0. The van der Waals surface area contributed by atoms with Crippen molar-refractivity contribution in [1.82, 2.24) is 5.32 Å². The third-order valence-corrected chi connectivity index (χ3v) is 7.99. The Kier molecular flexibility index (Phi) is 6.76. The van der Waals surface area contributed by atoms with Crippen molar-refractivity contribution in [2.45, 2.75) is 30.1 Å². The van der Waals surface area contributed by atoms with Crippen LogP contribution in [0.15, 0.2) is 69.2 Å². The van der Waals surface area contributed by atoms with Crippen molar-refractivity contribution in [2.24, 2.45) is 5.92 Å². The zero-order chi connectivity index (χ0) is 23.7. The number of hydrogen-bond donors (Lipinski definition) is 1. The number of allylic oxidation sites excluding steroid dienone is 3. The number of carbonyl (C=O) groups is 3. The van der Waals surface area contributed by atoms with Crippen LogP contribution in [0.3, 0.4) is 0 Å². The van der Waals surface area contributed by atoms with E-state index in [1.54, 1.807) is 11.8 Å². The second-order valence-corrected chi connectivity index (χ2v) is 9.80. The average Bonchev–Trinajstić information content (AvgIpc) is 3.37. The molecule has 33 heavy (non-hydrogen) atoms. The summed E-state index contributed by atoms with van der Waals surface area (Å²) >= 11 is 3.13. The van der Waals surface area contributed by atoms with E-state index in [9.17, 15) is 14.4 Å². The Morgan fingerprint density at radius 3 is 2.42 bits per heavy atom. The molecule has 0 bridgehead atoms. The van der Waals surface area contributed by atoms with Gasteiger partial charge in [0.2, 0.25) is 0 Å². The number of ether oxygens (including phenoxy) is 2. The second-order valence-electron chi connectivity index (χ2n) is 7.94. The summed E-state index contributed by atoms with van der Waals surface area (Å²) in [4.78, 5) is 41.7. The van der Waals surface area contributed by atoms with Crippen LogP contribution in [0.25, 0.3) is 0 Å². The summed E-state index contributed by atoms with van der Waals surface area (Å²) in [7, 11) is 2.62. The predicted molar refractivity (Wildman–Crippen MR) is 128 cm³/mol. The van der Waals surface area contributed by atoms with Crippen LogP contribution in [0.2, 0.25) is 0 Å². The number of hydrogen-bond acceptors (Lipinski definition) is 8. The molecule has 1 aromatic heterocycles. The first-order chi connectivity index (χ1) is 15.9. The Labute approximate surface area is 201 Å². The minimum Gasteiger partial charge on any atom is -0.468 e. The summed E-state index contributed by atoms with van der Waals surface area (Å²) in [6, 6.07) is 11.6. The fraction of sp³-hybridized carbons (Fsp3) is 0.320. The van der Waals surface area contributed by atoms with Crippen molar-refractivity contribution in [3.05, 3.63) is 74.8 Å². The number of Topliss-reactive ketones (excluding diaryl/α,β-unsaturated/α-hetero) is 1. The number of ketones is 1. The van der Waals surface area contributed by atoms with Gasteiger partial charge in [-0.05, 0) is 48.7 Å². The van der Waals surface area contributed by atoms with Crippen LogP contribution in [-0.2, 0) is 23.9 Å². The Balaban J connectivity index is 1.89. The van der Waals surface area contributed by atoms with Crippen LogP contribution in [0.5, 0.6) is 0 Å². The molecule has 0 fully saturated rings. The van der Waals surface area contributed by atoms with Gasteiger partial charge >= 0.3 is 11.9 Å². The zero-order valence-electron chi connectivity index (χ0n) is 18.8. The molecular formula is C25H25NO5S2. The van der Waals surface area contributed by atoms with Crippen LogP contribution in [0.4, 0.5) is 0 Å². The van der Waals surface area contributed by atoms with E-state index < -0.39 is 23.8 Å². The molecule has 1 aliphatic carbocycles. The van der Waals surface area contributed by atoms with E-state index in [0.717, 1.165) is 21.0 Å². The predicted octanol–water partition coefficient (Wildman–Crippen LogP) is 4.40. The molecule has 172 valence electrons. The van der Waals surface area contributed by atoms with Gasteiger partial charge in [-0.1, -0.05) is 18.2 Å². The first kappa shape index (κ1) is 23.3. The van der Waals surface area contributed by atoms with Crippen LogP contribution in [0, 0.1) is 5.92 Å². The van der Waals surface area contributed by atoms with Crippen molar-refractivity contribution in [3.8, 4) is 0 Å². The number of methoxy groups -OCH3 is 2. The summed E-state index contributed by atoms with van der Waals surface area (Å²) in [5, 5.41) is 5.23. The maximum Gasteiger partial charge on any atom is 0.336 e. The number of dihydropyridines is 1. The number of carbonyl (C=O) groups excluding carboxylic acids is 3. The minimum atomic E-state index is -0.973. The smallest absolute Gasteiger partial charge is 0.336 e. The van der Waals surface area contributed by atoms with E-state index >= 15 is 0 Å². The topological polar surface area (TPSA) is 81.7 Å². The molecule has 0 saturated heterocycles. The highest BCUT2D eigenvalue weighted by Gasteiger charge is 2.49. The van der Waals surface area contributed by atoms with Crippen molar-refractivity contribution in [3.63, 3.8) is 0 Å². The number of thiophene rings is 1. The molecule has 3 atom stereocenters. The standard InChI is InChI=1S/C25H25NO5S2/c1-13-19(24(28)30-2)20(14-7-9-15(32-4)10-8-14)22-17(26-13)12-16(18-6-5-11-33-18)21(23(22)27)25(29)31-3/h5-11,16,20-21,26H,12H2,1-4H3. The first-order valence-corrected chi connectivity index (χ1v) is 12.6. The minimum absolute atomic E-state index is 0.318. The number of esters is 2. The monoisotopic (exact) mass is 483 g/mol. The Hall–Kier alpha value is -2.84. The van der Waals surface area contributed by atoms with Gasteiger partial charge in [-0.2, -0.15) is 0 Å². The summed E-state index contributed by atoms with van der Waals surface area (Å²) in [6.07, 6.45) is 2.45. The summed E-state index contributed by atoms with van der Waals surface area (Å²) in [5.74, 6) is -3.32. The van der Waals surface area contributed by atoms with E-state index in [2.05, 4.69) is 5.32 Å². The molecule has 3 unspecified atom stereocenters. The van der Waals surface area contributed by atoms with Crippen LogP contribution in [-0.4, -0.2) is 38.2 Å². The van der Waals surface area contributed by atoms with Gasteiger partial charge in [0, 0.05) is 38.6 Å². The first-order valence-electron chi connectivity index (χ1n) is 10.5. The molecule has 0 radical (unpaired) electrons. The lowest BCUT2D eigenvalue weighted by atomic mass is 9.68. The van der Waals surface area contributed by atoms with Crippen molar-refractivity contribution in [2.75, 3.05) is 20.5 Å². The highest BCUT2D eigenvalue weighted by atomic mass is 32.2. The van der Waals surface area contributed by atoms with Gasteiger partial charge in [-0.25, -0.2) is 4.79 Å². The molecule has 1 aliphatic heterocycles. The van der Waals surface area contributed by atoms with Gasteiger partial charge in [0.05, 0.1) is 19.8 Å². The largest absolute Gasteiger partial charge is 0.468 e. The van der Waals surface area contributed by atoms with Crippen LogP contribution in [0.1, 0.15) is 35.6 Å². The Morgan fingerprint density at radius 1 is 1.12 bits per heavy atom. The number of benzene rings is 1. The maximum atomic E-state index is 14.0. The molecule has 4 rings (SSSR count). The molecule has 2 aromatic rings. The zero-order valence-corrected chi connectivity index (χ0v) is 20.5. The molecular weight excluding hydrogens is 458 g/mol. The van der Waals surface area contributed by atoms with Gasteiger partial charge in [-0.3, -0.25) is 9.59 Å². The van der Waals surface area contributed by atoms with Gasteiger partial charge < -0.3 is 14.8 Å². The average molecular weight is 484 g/mol. The molecule has 1 N–H and O–H groups in total. The molecule has 0 saturated carbocycles. The third kappa shape index (κ3) is 4.13. The van der Waals surface area contributed by atoms with Crippen LogP contribution >= 0.6 is 23.1 Å². The van der Waals surface area contributed by atoms with E-state index in [-0.39, 0.29) is 11.7 Å². The lowest BCUT2D eigenvalue weighted by Gasteiger charge is -2.39. The third-order valence-electron chi connectivity index (χ3n) is 6.24. The fourth-order valence-electron chi connectivity index (χ4n) is 4.71. The quantitative estimate of drug-likeness (QED) is 0.383.